The first kappa shape index (κ1) is 21.4. The Morgan fingerprint density at radius 3 is 1.96 bits per heavy atom. The minimum Gasteiger partial charge on any atom is -0.312 e. The molecule has 0 radical (unpaired) electrons. The molecule has 0 aromatic heterocycles. The highest BCUT2D eigenvalue weighted by atomic mass is 32.2. The molecule has 0 heterocycles. The highest BCUT2D eigenvalue weighted by molar-refractivity contribution is 7.93. The van der Waals surface area contributed by atoms with Gasteiger partial charge in [-0.3, -0.25) is 4.72 Å². The average Bonchev–Trinajstić information content (AvgIpc) is 2.59. The van der Waals surface area contributed by atoms with Gasteiger partial charge in [0.25, 0.3) is 0 Å². The highest BCUT2D eigenvalue weighted by Crippen LogP contribution is 2.13. The predicted molar refractivity (Wildman–Crippen MR) is 107 cm³/mol. The SMILES string of the molecule is CC(C)S(=O)(=O)Nc1ccc(CNCCc2ccc(S(N)(=O)=O)cc2)cc1. The van der Waals surface area contributed by atoms with Crippen LogP contribution in [0.2, 0.25) is 0 Å². The zero-order chi connectivity index (χ0) is 20.1. The molecule has 0 amide bonds. The molecule has 0 spiro atoms. The minimum atomic E-state index is -3.66. The molecule has 0 atom stereocenters. The Bertz CT molecular complexity index is 953. The average molecular weight is 412 g/mol. The first-order valence-corrected chi connectivity index (χ1v) is 11.6. The summed E-state index contributed by atoms with van der Waals surface area (Å²) in [4.78, 5) is 0.104. The molecule has 148 valence electrons. The highest BCUT2D eigenvalue weighted by Gasteiger charge is 2.15. The van der Waals surface area contributed by atoms with Gasteiger partial charge in [-0.05, 0) is 62.2 Å². The van der Waals surface area contributed by atoms with E-state index in [1.54, 1.807) is 38.1 Å². The number of hydrogen-bond acceptors (Lipinski definition) is 5. The molecule has 0 saturated heterocycles. The summed E-state index contributed by atoms with van der Waals surface area (Å²) in [7, 11) is -7.00. The van der Waals surface area contributed by atoms with E-state index in [0.29, 0.717) is 12.2 Å². The van der Waals surface area contributed by atoms with Gasteiger partial charge in [0.2, 0.25) is 20.0 Å². The van der Waals surface area contributed by atoms with Gasteiger partial charge < -0.3 is 5.32 Å². The second kappa shape index (κ2) is 8.83. The van der Waals surface area contributed by atoms with Gasteiger partial charge in [-0.2, -0.15) is 0 Å². The molecule has 0 unspecified atom stereocenters. The van der Waals surface area contributed by atoms with Crippen molar-refractivity contribution in [2.75, 3.05) is 11.3 Å². The third kappa shape index (κ3) is 6.62. The molecule has 0 saturated carbocycles. The van der Waals surface area contributed by atoms with Gasteiger partial charge in [-0.15, -0.1) is 0 Å². The molecule has 0 aliphatic carbocycles. The van der Waals surface area contributed by atoms with Crippen LogP contribution < -0.4 is 15.2 Å². The number of hydrogen-bond donors (Lipinski definition) is 3. The molecule has 2 rings (SSSR count). The molecule has 0 bridgehead atoms. The van der Waals surface area contributed by atoms with E-state index in [1.807, 2.05) is 12.1 Å². The third-order valence-corrected chi connectivity index (χ3v) is 6.70. The summed E-state index contributed by atoms with van der Waals surface area (Å²) >= 11 is 0. The zero-order valence-corrected chi connectivity index (χ0v) is 17.0. The van der Waals surface area contributed by atoms with Crippen molar-refractivity contribution in [3.8, 4) is 0 Å². The van der Waals surface area contributed by atoms with Crippen molar-refractivity contribution in [1.82, 2.24) is 5.32 Å². The summed E-state index contributed by atoms with van der Waals surface area (Å²) < 4.78 is 48.7. The molecule has 2 aromatic carbocycles. The van der Waals surface area contributed by atoms with Crippen molar-refractivity contribution in [2.45, 2.75) is 37.0 Å². The van der Waals surface area contributed by atoms with E-state index in [4.69, 9.17) is 5.14 Å². The van der Waals surface area contributed by atoms with Gasteiger partial charge in [-0.1, -0.05) is 24.3 Å². The van der Waals surface area contributed by atoms with Crippen LogP contribution in [0.15, 0.2) is 53.4 Å². The van der Waals surface area contributed by atoms with E-state index in [1.165, 1.54) is 12.1 Å². The van der Waals surface area contributed by atoms with Crippen molar-refractivity contribution < 1.29 is 16.8 Å². The van der Waals surface area contributed by atoms with Crippen molar-refractivity contribution in [3.63, 3.8) is 0 Å². The number of nitrogens with two attached hydrogens (primary N) is 1. The fraction of sp³-hybridized carbons (Fsp3) is 0.333. The quantitative estimate of drug-likeness (QED) is 0.544. The Morgan fingerprint density at radius 1 is 0.889 bits per heavy atom. The molecule has 2 aromatic rings. The van der Waals surface area contributed by atoms with Gasteiger partial charge in [-0.25, -0.2) is 22.0 Å². The van der Waals surface area contributed by atoms with E-state index in [2.05, 4.69) is 10.0 Å². The van der Waals surface area contributed by atoms with Crippen LogP contribution in [-0.2, 0) is 33.0 Å². The van der Waals surface area contributed by atoms with E-state index in [0.717, 1.165) is 24.1 Å². The maximum atomic E-state index is 11.8. The maximum absolute atomic E-state index is 11.8. The molecular formula is C18H25N3O4S2. The molecule has 0 aliphatic rings. The maximum Gasteiger partial charge on any atom is 0.238 e. The van der Waals surface area contributed by atoms with Crippen molar-refractivity contribution in [1.29, 1.82) is 0 Å². The fourth-order valence-corrected chi connectivity index (χ4v) is 3.50. The summed E-state index contributed by atoms with van der Waals surface area (Å²) in [5.41, 5.74) is 2.59. The van der Waals surface area contributed by atoms with Gasteiger partial charge in [0.1, 0.15) is 0 Å². The summed E-state index contributed by atoms with van der Waals surface area (Å²) in [5, 5.41) is 7.89. The number of sulfonamides is 2. The number of primary sulfonamides is 1. The van der Waals surface area contributed by atoms with Crippen LogP contribution in [0.5, 0.6) is 0 Å². The number of rotatable bonds is 9. The fourth-order valence-electron chi connectivity index (χ4n) is 2.28. The van der Waals surface area contributed by atoms with Crippen molar-refractivity contribution in [2.24, 2.45) is 5.14 Å². The lowest BCUT2D eigenvalue weighted by atomic mass is 10.1. The first-order valence-electron chi connectivity index (χ1n) is 8.51. The predicted octanol–water partition coefficient (Wildman–Crippen LogP) is 1.82. The van der Waals surface area contributed by atoms with Gasteiger partial charge in [0.05, 0.1) is 10.1 Å². The van der Waals surface area contributed by atoms with Crippen LogP contribution in [0.1, 0.15) is 25.0 Å². The molecule has 7 nitrogen and oxygen atoms in total. The topological polar surface area (TPSA) is 118 Å². The number of benzene rings is 2. The first-order chi connectivity index (χ1) is 12.6. The molecule has 4 N–H and O–H groups in total. The summed E-state index contributed by atoms with van der Waals surface area (Å²) in [5.74, 6) is 0. The van der Waals surface area contributed by atoms with Crippen LogP contribution in [0.3, 0.4) is 0 Å². The molecule has 0 aliphatic heterocycles. The summed E-state index contributed by atoms with van der Waals surface area (Å²) in [6, 6.07) is 13.7. The number of anilines is 1. The van der Waals surface area contributed by atoms with Crippen LogP contribution in [0.25, 0.3) is 0 Å². The monoisotopic (exact) mass is 411 g/mol. The lowest BCUT2D eigenvalue weighted by Gasteiger charge is -2.11. The standard InChI is InChI=1S/C18H25N3O4S2/c1-14(2)27(24,25)21-17-7-3-16(4-8-17)13-20-12-11-15-5-9-18(10-6-15)26(19,22)23/h3-10,14,20-21H,11-13H2,1-2H3,(H2,19,22,23). The van der Waals surface area contributed by atoms with E-state index in [-0.39, 0.29) is 4.90 Å². The Balaban J connectivity index is 1.80. The zero-order valence-electron chi connectivity index (χ0n) is 15.3. The van der Waals surface area contributed by atoms with E-state index < -0.39 is 25.3 Å². The third-order valence-electron chi connectivity index (χ3n) is 4.01. The second-order valence-electron chi connectivity index (χ2n) is 6.51. The lowest BCUT2D eigenvalue weighted by Crippen LogP contribution is -2.22. The molecule has 27 heavy (non-hydrogen) atoms. The van der Waals surface area contributed by atoms with Gasteiger partial charge >= 0.3 is 0 Å². The van der Waals surface area contributed by atoms with Crippen molar-refractivity contribution >= 4 is 25.7 Å². The molecular weight excluding hydrogens is 386 g/mol. The van der Waals surface area contributed by atoms with Crippen LogP contribution >= 0.6 is 0 Å². The van der Waals surface area contributed by atoms with Gasteiger partial charge in [0, 0.05) is 12.2 Å². The molecule has 9 heteroatoms. The van der Waals surface area contributed by atoms with Crippen molar-refractivity contribution in [3.05, 3.63) is 59.7 Å². The lowest BCUT2D eigenvalue weighted by molar-refractivity contribution is 0.592. The smallest absolute Gasteiger partial charge is 0.238 e. The summed E-state index contributed by atoms with van der Waals surface area (Å²) in [6.07, 6.45) is 0.747. The Kier molecular flexibility index (Phi) is 6.99. The Hall–Kier alpha value is -1.94. The minimum absolute atomic E-state index is 0.104. The van der Waals surface area contributed by atoms with Crippen LogP contribution in [0.4, 0.5) is 5.69 Å². The second-order valence-corrected chi connectivity index (χ2v) is 10.3. The van der Waals surface area contributed by atoms with E-state index >= 15 is 0 Å². The number of nitrogens with one attached hydrogen (secondary N) is 2. The van der Waals surface area contributed by atoms with Gasteiger partial charge in [0.15, 0.2) is 0 Å². The Labute approximate surface area is 161 Å². The Morgan fingerprint density at radius 2 is 1.44 bits per heavy atom. The van der Waals surface area contributed by atoms with Crippen LogP contribution in [-0.4, -0.2) is 28.6 Å². The normalized spacial score (nSPS) is 12.3. The van der Waals surface area contributed by atoms with E-state index in [9.17, 15) is 16.8 Å². The molecule has 0 fully saturated rings. The summed E-state index contributed by atoms with van der Waals surface area (Å²) in [6.45, 7) is 4.62. The largest absolute Gasteiger partial charge is 0.312 e. The van der Waals surface area contributed by atoms with Crippen LogP contribution in [0, 0.1) is 0 Å².